The number of aryl methyl sites for hydroxylation is 2. The largest absolute Gasteiger partial charge is 0.326 e. The molecule has 0 saturated heterocycles. The van der Waals surface area contributed by atoms with E-state index < -0.39 is 0 Å². The van der Waals surface area contributed by atoms with Gasteiger partial charge >= 0.3 is 0 Å². The first-order valence-corrected chi connectivity index (χ1v) is 6.03. The molecule has 0 aliphatic carbocycles. The van der Waals surface area contributed by atoms with E-state index in [9.17, 15) is 4.79 Å². The minimum Gasteiger partial charge on any atom is -0.326 e. The van der Waals surface area contributed by atoms with Gasteiger partial charge in [0.2, 0.25) is 0 Å². The predicted octanol–water partition coefficient (Wildman–Crippen LogP) is 2.22. The maximum absolute atomic E-state index is 11.7. The zero-order valence-corrected chi connectivity index (χ0v) is 11.0. The molecule has 18 heavy (non-hydrogen) atoms. The number of rotatable bonds is 2. The molecule has 1 heterocycles. The third kappa shape index (κ3) is 2.09. The van der Waals surface area contributed by atoms with E-state index in [4.69, 9.17) is 5.73 Å². The lowest BCUT2D eigenvalue weighted by Gasteiger charge is -2.16. The van der Waals surface area contributed by atoms with Crippen LogP contribution >= 0.6 is 0 Å². The Kier molecular flexibility index (Phi) is 3.34. The Morgan fingerprint density at radius 1 is 1.22 bits per heavy atom. The van der Waals surface area contributed by atoms with Gasteiger partial charge in [-0.25, -0.2) is 0 Å². The quantitative estimate of drug-likeness (QED) is 0.877. The minimum atomic E-state index is 0.0107. The van der Waals surface area contributed by atoms with Crippen LogP contribution in [-0.2, 0) is 6.54 Å². The van der Waals surface area contributed by atoms with E-state index in [2.05, 4.69) is 26.0 Å². The highest BCUT2D eigenvalue weighted by Gasteiger charge is 2.07. The van der Waals surface area contributed by atoms with Crippen LogP contribution in [0.5, 0.6) is 0 Å². The standard InChI is InChI=1S/C15H18N2O/c1-10-5-4-6-14(12(10)3)17-9-13(8-16)15(18)7-11(17)2/h4-7,9H,8,16H2,1-3H3. The second kappa shape index (κ2) is 4.78. The topological polar surface area (TPSA) is 48.0 Å². The molecule has 0 fully saturated rings. The Balaban J connectivity index is 2.71. The van der Waals surface area contributed by atoms with E-state index in [0.29, 0.717) is 5.56 Å². The number of pyridine rings is 1. The zero-order chi connectivity index (χ0) is 13.3. The summed E-state index contributed by atoms with van der Waals surface area (Å²) in [5.74, 6) is 0. The Morgan fingerprint density at radius 2 is 1.94 bits per heavy atom. The zero-order valence-electron chi connectivity index (χ0n) is 11.0. The van der Waals surface area contributed by atoms with E-state index in [0.717, 1.165) is 11.4 Å². The molecular weight excluding hydrogens is 224 g/mol. The summed E-state index contributed by atoms with van der Waals surface area (Å²) in [5, 5.41) is 0. The molecule has 0 aliphatic rings. The fourth-order valence-electron chi connectivity index (χ4n) is 2.08. The van der Waals surface area contributed by atoms with E-state index >= 15 is 0 Å². The van der Waals surface area contributed by atoms with Gasteiger partial charge in [-0.3, -0.25) is 4.79 Å². The van der Waals surface area contributed by atoms with Crippen LogP contribution in [0, 0.1) is 20.8 Å². The molecule has 2 N–H and O–H groups in total. The first-order valence-electron chi connectivity index (χ1n) is 6.03. The normalized spacial score (nSPS) is 10.7. The van der Waals surface area contributed by atoms with Crippen LogP contribution in [0.1, 0.15) is 22.4 Å². The van der Waals surface area contributed by atoms with Crippen molar-refractivity contribution in [2.45, 2.75) is 27.3 Å². The summed E-state index contributed by atoms with van der Waals surface area (Å²) < 4.78 is 2.03. The number of nitrogens with zero attached hydrogens (tertiary/aromatic N) is 1. The minimum absolute atomic E-state index is 0.0107. The summed E-state index contributed by atoms with van der Waals surface area (Å²) in [6.07, 6.45) is 1.85. The van der Waals surface area contributed by atoms with Gasteiger partial charge in [-0.2, -0.15) is 0 Å². The van der Waals surface area contributed by atoms with Crippen LogP contribution in [0.15, 0.2) is 35.3 Å². The van der Waals surface area contributed by atoms with Crippen LogP contribution in [0.2, 0.25) is 0 Å². The van der Waals surface area contributed by atoms with Crippen molar-refractivity contribution in [2.24, 2.45) is 5.73 Å². The molecule has 0 spiro atoms. The molecule has 0 unspecified atom stereocenters. The van der Waals surface area contributed by atoms with Crippen LogP contribution < -0.4 is 11.2 Å². The lowest BCUT2D eigenvalue weighted by molar-refractivity contribution is 0.914. The third-order valence-corrected chi connectivity index (χ3v) is 3.38. The summed E-state index contributed by atoms with van der Waals surface area (Å²) >= 11 is 0. The Hall–Kier alpha value is -1.87. The molecule has 0 radical (unpaired) electrons. The molecule has 3 heteroatoms. The van der Waals surface area contributed by atoms with Crippen LogP contribution in [0.25, 0.3) is 5.69 Å². The van der Waals surface area contributed by atoms with Gasteiger partial charge in [0.25, 0.3) is 0 Å². The number of aromatic nitrogens is 1. The van der Waals surface area contributed by atoms with E-state index in [1.54, 1.807) is 6.07 Å². The SMILES string of the molecule is Cc1cccc(-n2cc(CN)c(=O)cc2C)c1C. The van der Waals surface area contributed by atoms with Crippen molar-refractivity contribution < 1.29 is 0 Å². The maximum atomic E-state index is 11.7. The molecule has 2 aromatic rings. The molecule has 0 amide bonds. The van der Waals surface area contributed by atoms with Gasteiger partial charge in [-0.1, -0.05) is 12.1 Å². The second-order valence-electron chi connectivity index (χ2n) is 4.60. The molecule has 2 rings (SSSR count). The van der Waals surface area contributed by atoms with Crippen LogP contribution in [0.4, 0.5) is 0 Å². The average molecular weight is 242 g/mol. The average Bonchev–Trinajstić information content (AvgIpc) is 2.34. The van der Waals surface area contributed by atoms with Crippen molar-refractivity contribution in [3.05, 3.63) is 63.1 Å². The monoisotopic (exact) mass is 242 g/mol. The summed E-state index contributed by atoms with van der Waals surface area (Å²) in [6, 6.07) is 7.81. The molecular formula is C15H18N2O. The number of hydrogen-bond acceptors (Lipinski definition) is 2. The maximum Gasteiger partial charge on any atom is 0.186 e. The summed E-state index contributed by atoms with van der Waals surface area (Å²) in [6.45, 7) is 6.37. The van der Waals surface area contributed by atoms with Gasteiger partial charge in [0, 0.05) is 35.8 Å². The highest BCUT2D eigenvalue weighted by atomic mass is 16.1. The van der Waals surface area contributed by atoms with Crippen molar-refractivity contribution >= 4 is 0 Å². The van der Waals surface area contributed by atoms with Gasteiger partial charge in [0.05, 0.1) is 0 Å². The molecule has 0 aliphatic heterocycles. The second-order valence-corrected chi connectivity index (χ2v) is 4.60. The summed E-state index contributed by atoms with van der Waals surface area (Å²) in [4.78, 5) is 11.7. The lowest BCUT2D eigenvalue weighted by atomic mass is 10.1. The van der Waals surface area contributed by atoms with Gasteiger partial charge in [-0.05, 0) is 38.0 Å². The number of hydrogen-bond donors (Lipinski definition) is 1. The van der Waals surface area contributed by atoms with E-state index in [1.807, 2.05) is 23.8 Å². The van der Waals surface area contributed by atoms with Gasteiger partial charge in [-0.15, -0.1) is 0 Å². The Morgan fingerprint density at radius 3 is 2.61 bits per heavy atom. The molecule has 0 bridgehead atoms. The Labute approximate surface area is 107 Å². The van der Waals surface area contributed by atoms with E-state index in [1.165, 1.54) is 11.1 Å². The summed E-state index contributed by atoms with van der Waals surface area (Å²) in [5.41, 5.74) is 10.7. The molecule has 1 aromatic carbocycles. The summed E-state index contributed by atoms with van der Waals surface area (Å²) in [7, 11) is 0. The molecule has 0 saturated carbocycles. The van der Waals surface area contributed by atoms with Crippen LogP contribution in [-0.4, -0.2) is 4.57 Å². The number of benzene rings is 1. The van der Waals surface area contributed by atoms with Gasteiger partial charge < -0.3 is 10.3 Å². The predicted molar refractivity (Wildman–Crippen MR) is 74.1 cm³/mol. The molecule has 0 atom stereocenters. The smallest absolute Gasteiger partial charge is 0.186 e. The Bertz CT molecular complexity index is 641. The van der Waals surface area contributed by atoms with E-state index in [-0.39, 0.29) is 12.0 Å². The fraction of sp³-hybridized carbons (Fsp3) is 0.267. The van der Waals surface area contributed by atoms with Crippen LogP contribution in [0.3, 0.4) is 0 Å². The highest BCUT2D eigenvalue weighted by molar-refractivity contribution is 5.46. The first-order chi connectivity index (χ1) is 8.54. The highest BCUT2D eigenvalue weighted by Crippen LogP contribution is 2.18. The van der Waals surface area contributed by atoms with Gasteiger partial charge in [0.15, 0.2) is 5.43 Å². The lowest BCUT2D eigenvalue weighted by Crippen LogP contribution is -2.17. The van der Waals surface area contributed by atoms with Crippen molar-refractivity contribution in [1.82, 2.24) is 4.57 Å². The first kappa shape index (κ1) is 12.6. The van der Waals surface area contributed by atoms with Crippen molar-refractivity contribution in [3.63, 3.8) is 0 Å². The molecule has 94 valence electrons. The van der Waals surface area contributed by atoms with Gasteiger partial charge in [0.1, 0.15) is 0 Å². The third-order valence-electron chi connectivity index (χ3n) is 3.38. The molecule has 3 nitrogen and oxygen atoms in total. The van der Waals surface area contributed by atoms with Crippen molar-refractivity contribution in [1.29, 1.82) is 0 Å². The van der Waals surface area contributed by atoms with Crippen molar-refractivity contribution in [3.8, 4) is 5.69 Å². The molecule has 1 aromatic heterocycles. The number of nitrogens with two attached hydrogens (primary N) is 1. The fourth-order valence-corrected chi connectivity index (χ4v) is 2.08. The van der Waals surface area contributed by atoms with Crippen molar-refractivity contribution in [2.75, 3.05) is 0 Å².